The summed E-state index contributed by atoms with van der Waals surface area (Å²) in [6.45, 7) is 4.75. The molecular weight excluding hydrogens is 316 g/mol. The zero-order valence-corrected chi connectivity index (χ0v) is 13.8. The summed E-state index contributed by atoms with van der Waals surface area (Å²) in [6, 6.07) is 6.92. The van der Waals surface area contributed by atoms with Crippen LogP contribution < -0.4 is 15.4 Å². The number of halogens is 1. The molecule has 1 aromatic heterocycles. The molecule has 23 heavy (non-hydrogen) atoms. The standard InChI is InChI=1S/C16H19ClN4O2/c1-11(2)23-16-14(19-8-10-21-16)18-7-9-20-15(22)12-5-3-4-6-13(12)17/h3-6,8,10-11H,7,9H2,1-2H3,(H,18,19)(H,20,22). The van der Waals surface area contributed by atoms with Crippen molar-refractivity contribution in [1.29, 1.82) is 0 Å². The number of amides is 1. The van der Waals surface area contributed by atoms with Crippen molar-refractivity contribution in [2.24, 2.45) is 0 Å². The van der Waals surface area contributed by atoms with Gasteiger partial charge < -0.3 is 15.4 Å². The monoisotopic (exact) mass is 334 g/mol. The van der Waals surface area contributed by atoms with Gasteiger partial charge in [-0.3, -0.25) is 4.79 Å². The number of anilines is 1. The summed E-state index contributed by atoms with van der Waals surface area (Å²) in [7, 11) is 0. The van der Waals surface area contributed by atoms with Gasteiger partial charge in [-0.25, -0.2) is 9.97 Å². The van der Waals surface area contributed by atoms with Crippen molar-refractivity contribution in [1.82, 2.24) is 15.3 Å². The first kappa shape index (κ1) is 17.0. The van der Waals surface area contributed by atoms with E-state index in [4.69, 9.17) is 16.3 Å². The van der Waals surface area contributed by atoms with Crippen molar-refractivity contribution in [2.45, 2.75) is 20.0 Å². The second kappa shape index (κ2) is 8.33. The minimum absolute atomic E-state index is 0.00664. The first-order valence-corrected chi connectivity index (χ1v) is 7.70. The largest absolute Gasteiger partial charge is 0.472 e. The van der Waals surface area contributed by atoms with Gasteiger partial charge in [0, 0.05) is 25.5 Å². The topological polar surface area (TPSA) is 76.1 Å². The van der Waals surface area contributed by atoms with E-state index >= 15 is 0 Å². The van der Waals surface area contributed by atoms with Crippen LogP contribution in [0.4, 0.5) is 5.82 Å². The van der Waals surface area contributed by atoms with Crippen molar-refractivity contribution in [3.63, 3.8) is 0 Å². The van der Waals surface area contributed by atoms with Crippen LogP contribution in [0.2, 0.25) is 5.02 Å². The van der Waals surface area contributed by atoms with Crippen LogP contribution in [0.15, 0.2) is 36.7 Å². The van der Waals surface area contributed by atoms with Crippen LogP contribution in [-0.2, 0) is 0 Å². The van der Waals surface area contributed by atoms with Crippen LogP contribution >= 0.6 is 11.6 Å². The van der Waals surface area contributed by atoms with E-state index in [1.807, 2.05) is 13.8 Å². The SMILES string of the molecule is CC(C)Oc1nccnc1NCCNC(=O)c1ccccc1Cl. The van der Waals surface area contributed by atoms with Crippen LogP contribution in [0, 0.1) is 0 Å². The predicted molar refractivity (Wildman–Crippen MR) is 90.1 cm³/mol. The number of aromatic nitrogens is 2. The highest BCUT2D eigenvalue weighted by atomic mass is 35.5. The van der Waals surface area contributed by atoms with Gasteiger partial charge in [-0.05, 0) is 26.0 Å². The van der Waals surface area contributed by atoms with E-state index in [9.17, 15) is 4.79 Å². The van der Waals surface area contributed by atoms with E-state index in [-0.39, 0.29) is 12.0 Å². The number of hydrogen-bond donors (Lipinski definition) is 2. The molecule has 0 spiro atoms. The highest BCUT2D eigenvalue weighted by Crippen LogP contribution is 2.18. The number of rotatable bonds is 7. The fraction of sp³-hybridized carbons (Fsp3) is 0.312. The minimum Gasteiger partial charge on any atom is -0.472 e. The normalized spacial score (nSPS) is 10.4. The molecule has 2 N–H and O–H groups in total. The smallest absolute Gasteiger partial charge is 0.257 e. The predicted octanol–water partition coefficient (Wildman–Crippen LogP) is 2.76. The highest BCUT2D eigenvalue weighted by Gasteiger charge is 2.10. The van der Waals surface area contributed by atoms with Crippen molar-refractivity contribution in [3.8, 4) is 5.88 Å². The molecule has 1 heterocycles. The van der Waals surface area contributed by atoms with E-state index < -0.39 is 0 Å². The second-order valence-corrected chi connectivity index (χ2v) is 5.45. The summed E-state index contributed by atoms with van der Waals surface area (Å²) in [5.74, 6) is 0.781. The summed E-state index contributed by atoms with van der Waals surface area (Å²) in [4.78, 5) is 20.3. The van der Waals surface area contributed by atoms with Crippen LogP contribution in [0.25, 0.3) is 0 Å². The first-order valence-electron chi connectivity index (χ1n) is 7.32. The molecule has 6 nitrogen and oxygen atoms in total. The Morgan fingerprint density at radius 2 is 1.96 bits per heavy atom. The van der Waals surface area contributed by atoms with Crippen LogP contribution in [-0.4, -0.2) is 35.1 Å². The number of carbonyl (C=O) groups excluding carboxylic acids is 1. The Hall–Kier alpha value is -2.34. The molecule has 1 aromatic carbocycles. The lowest BCUT2D eigenvalue weighted by Crippen LogP contribution is -2.29. The summed E-state index contributed by atoms with van der Waals surface area (Å²) in [6.07, 6.45) is 3.16. The number of nitrogens with one attached hydrogen (secondary N) is 2. The molecule has 122 valence electrons. The van der Waals surface area contributed by atoms with Crippen molar-refractivity contribution < 1.29 is 9.53 Å². The van der Waals surface area contributed by atoms with Crippen molar-refractivity contribution in [3.05, 3.63) is 47.2 Å². The van der Waals surface area contributed by atoms with Gasteiger partial charge in [-0.15, -0.1) is 0 Å². The van der Waals surface area contributed by atoms with Crippen molar-refractivity contribution >= 4 is 23.3 Å². The molecule has 0 fully saturated rings. The van der Waals surface area contributed by atoms with Gasteiger partial charge in [-0.2, -0.15) is 0 Å². The lowest BCUT2D eigenvalue weighted by atomic mass is 10.2. The zero-order valence-electron chi connectivity index (χ0n) is 13.0. The molecule has 1 amide bonds. The van der Waals surface area contributed by atoms with Crippen molar-refractivity contribution in [2.75, 3.05) is 18.4 Å². The van der Waals surface area contributed by atoms with Gasteiger partial charge in [0.25, 0.3) is 11.8 Å². The molecule has 0 radical (unpaired) electrons. The van der Waals surface area contributed by atoms with Gasteiger partial charge >= 0.3 is 0 Å². The average Bonchev–Trinajstić information content (AvgIpc) is 2.52. The summed E-state index contributed by atoms with van der Waals surface area (Å²) < 4.78 is 5.57. The fourth-order valence-corrected chi connectivity index (χ4v) is 2.08. The summed E-state index contributed by atoms with van der Waals surface area (Å²) in [5, 5.41) is 6.32. The van der Waals surface area contributed by atoms with Crippen LogP contribution in [0.3, 0.4) is 0 Å². The molecule has 0 aliphatic rings. The number of nitrogens with zero attached hydrogens (tertiary/aromatic N) is 2. The Morgan fingerprint density at radius 1 is 1.22 bits per heavy atom. The van der Waals surface area contributed by atoms with E-state index in [1.54, 1.807) is 36.7 Å². The summed E-state index contributed by atoms with van der Waals surface area (Å²) in [5.41, 5.74) is 0.456. The molecule has 0 unspecified atom stereocenters. The maximum absolute atomic E-state index is 12.0. The number of ether oxygens (including phenoxy) is 1. The Balaban J connectivity index is 1.84. The average molecular weight is 335 g/mol. The third kappa shape index (κ3) is 5.10. The fourth-order valence-electron chi connectivity index (χ4n) is 1.85. The first-order chi connectivity index (χ1) is 11.1. The number of carbonyl (C=O) groups is 1. The minimum atomic E-state index is -0.213. The van der Waals surface area contributed by atoms with Gasteiger partial charge in [0.15, 0.2) is 5.82 Å². The lowest BCUT2D eigenvalue weighted by Gasteiger charge is -2.13. The molecular formula is C16H19ClN4O2. The number of benzene rings is 1. The molecule has 2 aromatic rings. The molecule has 7 heteroatoms. The molecule has 0 saturated carbocycles. The maximum Gasteiger partial charge on any atom is 0.257 e. The third-order valence-corrected chi connectivity index (χ3v) is 3.16. The Morgan fingerprint density at radius 3 is 2.70 bits per heavy atom. The molecule has 0 aliphatic carbocycles. The van der Waals surface area contributed by atoms with E-state index in [2.05, 4.69) is 20.6 Å². The van der Waals surface area contributed by atoms with Gasteiger partial charge in [-0.1, -0.05) is 23.7 Å². The lowest BCUT2D eigenvalue weighted by molar-refractivity contribution is 0.0955. The summed E-state index contributed by atoms with van der Waals surface area (Å²) >= 11 is 5.99. The third-order valence-electron chi connectivity index (χ3n) is 2.83. The van der Waals surface area contributed by atoms with E-state index in [0.717, 1.165) is 0 Å². The molecule has 2 rings (SSSR count). The number of hydrogen-bond acceptors (Lipinski definition) is 5. The van der Waals surface area contributed by atoms with Crippen LogP contribution in [0.5, 0.6) is 5.88 Å². The van der Waals surface area contributed by atoms with Gasteiger partial charge in [0.05, 0.1) is 16.7 Å². The molecule has 0 atom stereocenters. The van der Waals surface area contributed by atoms with Gasteiger partial charge in [0.2, 0.25) is 0 Å². The quantitative estimate of drug-likeness (QED) is 0.761. The van der Waals surface area contributed by atoms with E-state index in [0.29, 0.717) is 35.4 Å². The molecule has 0 aliphatic heterocycles. The highest BCUT2D eigenvalue weighted by molar-refractivity contribution is 6.33. The molecule has 0 bridgehead atoms. The second-order valence-electron chi connectivity index (χ2n) is 5.04. The molecule has 0 saturated heterocycles. The van der Waals surface area contributed by atoms with Crippen LogP contribution in [0.1, 0.15) is 24.2 Å². The van der Waals surface area contributed by atoms with Gasteiger partial charge in [0.1, 0.15) is 0 Å². The Labute approximate surface area is 140 Å². The van der Waals surface area contributed by atoms with E-state index in [1.165, 1.54) is 0 Å². The Bertz CT molecular complexity index is 664. The zero-order chi connectivity index (χ0) is 16.7. The maximum atomic E-state index is 12.0. The Kier molecular flexibility index (Phi) is 6.17.